The van der Waals surface area contributed by atoms with Gasteiger partial charge in [0.2, 0.25) is 5.89 Å². The van der Waals surface area contributed by atoms with Crippen LogP contribution in [0, 0.1) is 0 Å². The van der Waals surface area contributed by atoms with Crippen molar-refractivity contribution >= 4 is 22.7 Å². The first-order chi connectivity index (χ1) is 13.7. The van der Waals surface area contributed by atoms with E-state index in [0.29, 0.717) is 45.8 Å². The van der Waals surface area contributed by atoms with Crippen LogP contribution < -0.4 is 5.56 Å². The number of hydrogen-bond donors (Lipinski definition) is 0. The van der Waals surface area contributed by atoms with E-state index in [1.54, 1.807) is 23.0 Å². The summed E-state index contributed by atoms with van der Waals surface area (Å²) in [6.07, 6.45) is 4.47. The predicted octanol–water partition coefficient (Wildman–Crippen LogP) is 4.06. The van der Waals surface area contributed by atoms with E-state index < -0.39 is 0 Å². The lowest BCUT2D eigenvalue weighted by atomic mass is 10.2. The Morgan fingerprint density at radius 1 is 1.14 bits per heavy atom. The number of fused-ring (bicyclic) bond motifs is 1. The van der Waals surface area contributed by atoms with Crippen LogP contribution in [0.1, 0.15) is 37.2 Å². The molecular formula is C20H20N4O3S. The number of aromatic nitrogens is 4. The molecule has 0 aliphatic carbocycles. The molecule has 3 heterocycles. The van der Waals surface area contributed by atoms with Crippen LogP contribution >= 0.6 is 11.8 Å². The van der Waals surface area contributed by atoms with Gasteiger partial charge in [0.25, 0.3) is 5.56 Å². The van der Waals surface area contributed by atoms with Gasteiger partial charge in [-0.05, 0) is 30.7 Å². The topological polar surface area (TPSA) is 87.0 Å². The third-order valence-corrected chi connectivity index (χ3v) is 5.28. The van der Waals surface area contributed by atoms with E-state index in [4.69, 9.17) is 8.94 Å². The number of para-hydroxylation sites is 1. The Morgan fingerprint density at radius 3 is 2.86 bits per heavy atom. The molecule has 3 aromatic heterocycles. The average molecular weight is 396 g/mol. The lowest BCUT2D eigenvalue weighted by Gasteiger charge is -2.11. The fourth-order valence-electron chi connectivity index (χ4n) is 2.86. The Bertz CT molecular complexity index is 1120. The van der Waals surface area contributed by atoms with Crippen molar-refractivity contribution in [2.24, 2.45) is 0 Å². The van der Waals surface area contributed by atoms with Gasteiger partial charge in [-0.2, -0.15) is 4.98 Å². The van der Waals surface area contributed by atoms with Gasteiger partial charge in [-0.25, -0.2) is 4.98 Å². The first kappa shape index (κ1) is 18.5. The number of benzene rings is 1. The Morgan fingerprint density at radius 2 is 2.04 bits per heavy atom. The normalized spacial score (nSPS) is 11.3. The van der Waals surface area contributed by atoms with Crippen molar-refractivity contribution < 1.29 is 8.94 Å². The number of aryl methyl sites for hydroxylation is 1. The van der Waals surface area contributed by atoms with Crippen molar-refractivity contribution in [1.29, 1.82) is 0 Å². The first-order valence-corrected chi connectivity index (χ1v) is 10.2. The molecule has 0 radical (unpaired) electrons. The van der Waals surface area contributed by atoms with E-state index in [9.17, 15) is 4.79 Å². The van der Waals surface area contributed by atoms with Crippen LogP contribution in [-0.2, 0) is 18.7 Å². The molecule has 144 valence electrons. The number of unbranched alkanes of at least 4 members (excludes halogenated alkanes) is 1. The highest BCUT2D eigenvalue weighted by atomic mass is 32.2. The summed E-state index contributed by atoms with van der Waals surface area (Å²) in [4.78, 5) is 22.1. The van der Waals surface area contributed by atoms with Gasteiger partial charge in [0.1, 0.15) is 5.76 Å². The minimum absolute atomic E-state index is 0.0961. The Kier molecular flexibility index (Phi) is 5.57. The third kappa shape index (κ3) is 4.01. The summed E-state index contributed by atoms with van der Waals surface area (Å²) in [6, 6.07) is 11.0. The van der Waals surface area contributed by atoms with Gasteiger partial charge >= 0.3 is 0 Å². The predicted molar refractivity (Wildman–Crippen MR) is 106 cm³/mol. The van der Waals surface area contributed by atoms with Gasteiger partial charge in [-0.3, -0.25) is 9.36 Å². The van der Waals surface area contributed by atoms with Crippen molar-refractivity contribution in [3.63, 3.8) is 0 Å². The molecule has 4 aromatic rings. The molecule has 0 atom stereocenters. The van der Waals surface area contributed by atoms with E-state index in [-0.39, 0.29) is 5.56 Å². The summed E-state index contributed by atoms with van der Waals surface area (Å²) >= 11 is 1.41. The SMILES string of the molecule is CCCCc1nc(CSc2nc3ccccc3c(=O)n2Cc2ccco2)no1. The molecular weight excluding hydrogens is 376 g/mol. The van der Waals surface area contributed by atoms with Gasteiger partial charge in [0.15, 0.2) is 11.0 Å². The second-order valence-electron chi connectivity index (χ2n) is 6.38. The van der Waals surface area contributed by atoms with Gasteiger partial charge in [0, 0.05) is 6.42 Å². The highest BCUT2D eigenvalue weighted by Crippen LogP contribution is 2.22. The molecule has 0 saturated heterocycles. The minimum atomic E-state index is -0.0961. The largest absolute Gasteiger partial charge is 0.467 e. The van der Waals surface area contributed by atoms with E-state index in [2.05, 4.69) is 22.0 Å². The molecule has 0 aliphatic rings. The Hall–Kier alpha value is -2.87. The number of nitrogens with zero attached hydrogens (tertiary/aromatic N) is 4. The summed E-state index contributed by atoms with van der Waals surface area (Å²) in [5, 5.41) is 5.21. The third-order valence-electron chi connectivity index (χ3n) is 4.31. The molecule has 0 spiro atoms. The molecule has 7 nitrogen and oxygen atoms in total. The molecule has 1 aromatic carbocycles. The molecule has 0 fully saturated rings. The molecule has 0 amide bonds. The Labute approximate surface area is 165 Å². The second-order valence-corrected chi connectivity index (χ2v) is 7.32. The lowest BCUT2D eigenvalue weighted by molar-refractivity contribution is 0.371. The smallest absolute Gasteiger partial charge is 0.262 e. The molecule has 28 heavy (non-hydrogen) atoms. The van der Waals surface area contributed by atoms with Crippen molar-refractivity contribution in [3.05, 3.63) is 70.5 Å². The molecule has 0 bridgehead atoms. The maximum atomic E-state index is 13.0. The highest BCUT2D eigenvalue weighted by molar-refractivity contribution is 7.98. The minimum Gasteiger partial charge on any atom is -0.467 e. The van der Waals surface area contributed by atoms with Crippen molar-refractivity contribution in [2.45, 2.75) is 43.6 Å². The summed E-state index contributed by atoms with van der Waals surface area (Å²) in [6.45, 7) is 2.44. The average Bonchev–Trinajstić information content (AvgIpc) is 3.39. The van der Waals surface area contributed by atoms with Gasteiger partial charge in [-0.1, -0.05) is 42.4 Å². The monoisotopic (exact) mass is 396 g/mol. The van der Waals surface area contributed by atoms with Crippen molar-refractivity contribution in [2.75, 3.05) is 0 Å². The Balaban J connectivity index is 1.63. The maximum absolute atomic E-state index is 13.0. The summed E-state index contributed by atoms with van der Waals surface area (Å²) in [5.41, 5.74) is 0.573. The molecule has 0 saturated carbocycles. The summed E-state index contributed by atoms with van der Waals surface area (Å²) < 4.78 is 12.3. The van der Waals surface area contributed by atoms with Crippen LogP contribution in [0.15, 0.2) is 61.6 Å². The highest BCUT2D eigenvalue weighted by Gasteiger charge is 2.15. The molecule has 0 aliphatic heterocycles. The molecule has 4 rings (SSSR count). The number of thioether (sulfide) groups is 1. The van der Waals surface area contributed by atoms with Gasteiger partial charge in [-0.15, -0.1) is 0 Å². The van der Waals surface area contributed by atoms with E-state index in [1.807, 2.05) is 24.3 Å². The maximum Gasteiger partial charge on any atom is 0.262 e. The van der Waals surface area contributed by atoms with Gasteiger partial charge in [0.05, 0.1) is 29.5 Å². The standard InChI is InChI=1S/C20H20N4O3S/c1-2-3-10-18-22-17(23-27-18)13-28-20-21-16-9-5-4-8-15(16)19(25)24(20)12-14-7-6-11-26-14/h4-9,11H,2-3,10,12-13H2,1H3. The zero-order valence-corrected chi connectivity index (χ0v) is 16.3. The zero-order chi connectivity index (χ0) is 19.3. The summed E-state index contributed by atoms with van der Waals surface area (Å²) in [5.74, 6) is 2.42. The van der Waals surface area contributed by atoms with Crippen molar-refractivity contribution in [1.82, 2.24) is 19.7 Å². The van der Waals surface area contributed by atoms with Gasteiger partial charge < -0.3 is 8.94 Å². The number of furan rings is 1. The quantitative estimate of drug-likeness (QED) is 0.328. The summed E-state index contributed by atoms with van der Waals surface area (Å²) in [7, 11) is 0. The zero-order valence-electron chi connectivity index (χ0n) is 15.5. The van der Waals surface area contributed by atoms with E-state index >= 15 is 0 Å². The van der Waals surface area contributed by atoms with Crippen LogP contribution in [0.2, 0.25) is 0 Å². The van der Waals surface area contributed by atoms with Crippen LogP contribution in [0.4, 0.5) is 0 Å². The van der Waals surface area contributed by atoms with E-state index in [1.165, 1.54) is 11.8 Å². The van der Waals surface area contributed by atoms with Crippen molar-refractivity contribution in [3.8, 4) is 0 Å². The fraction of sp³-hybridized carbons (Fsp3) is 0.300. The molecule has 0 unspecified atom stereocenters. The fourth-order valence-corrected chi connectivity index (χ4v) is 3.70. The number of rotatable bonds is 8. The number of hydrogen-bond acceptors (Lipinski definition) is 7. The lowest BCUT2D eigenvalue weighted by Crippen LogP contribution is -2.23. The molecule has 0 N–H and O–H groups in total. The van der Waals surface area contributed by atoms with Crippen LogP contribution in [0.3, 0.4) is 0 Å². The van der Waals surface area contributed by atoms with E-state index in [0.717, 1.165) is 19.3 Å². The second kappa shape index (κ2) is 8.43. The first-order valence-electron chi connectivity index (χ1n) is 9.21. The van der Waals surface area contributed by atoms with Crippen LogP contribution in [-0.4, -0.2) is 19.7 Å². The van der Waals surface area contributed by atoms with Crippen LogP contribution in [0.5, 0.6) is 0 Å². The van der Waals surface area contributed by atoms with Crippen LogP contribution in [0.25, 0.3) is 10.9 Å². The molecule has 8 heteroatoms.